The van der Waals surface area contributed by atoms with Crippen LogP contribution in [0.5, 0.6) is 0 Å². The Balaban J connectivity index is 1.88. The summed E-state index contributed by atoms with van der Waals surface area (Å²) in [4.78, 5) is 21.4. The first-order valence-corrected chi connectivity index (χ1v) is 6.66. The van der Waals surface area contributed by atoms with E-state index in [2.05, 4.69) is 9.97 Å². The van der Waals surface area contributed by atoms with E-state index in [1.165, 1.54) is 0 Å². The van der Waals surface area contributed by atoms with E-state index in [0.29, 0.717) is 17.8 Å². The number of hydrogen-bond acceptors (Lipinski definition) is 3. The summed E-state index contributed by atoms with van der Waals surface area (Å²) in [7, 11) is 1.78. The second kappa shape index (κ2) is 5.28. The predicted octanol–water partition coefficient (Wildman–Crippen LogP) is 2.42. The van der Waals surface area contributed by atoms with Gasteiger partial charge in [-0.1, -0.05) is 6.07 Å². The van der Waals surface area contributed by atoms with E-state index < -0.39 is 0 Å². The van der Waals surface area contributed by atoms with E-state index in [9.17, 15) is 4.79 Å². The summed E-state index contributed by atoms with van der Waals surface area (Å²) in [5.74, 6) is -0.0456. The van der Waals surface area contributed by atoms with Crippen LogP contribution in [0.25, 0.3) is 10.9 Å². The van der Waals surface area contributed by atoms with Crippen molar-refractivity contribution in [2.24, 2.45) is 0 Å². The molecular formula is C16H16N4O. The minimum Gasteiger partial charge on any atom is -0.399 e. The van der Waals surface area contributed by atoms with Gasteiger partial charge in [0, 0.05) is 48.8 Å². The zero-order valence-electron chi connectivity index (χ0n) is 11.7. The monoisotopic (exact) mass is 280 g/mol. The number of aromatic nitrogens is 2. The van der Waals surface area contributed by atoms with Gasteiger partial charge in [0.2, 0.25) is 0 Å². The van der Waals surface area contributed by atoms with Crippen LogP contribution in [0.4, 0.5) is 5.69 Å². The smallest absolute Gasteiger partial charge is 0.256 e. The second-order valence-electron chi connectivity index (χ2n) is 5.03. The van der Waals surface area contributed by atoms with E-state index >= 15 is 0 Å². The Morgan fingerprint density at radius 3 is 3.00 bits per heavy atom. The number of carbonyl (C=O) groups excluding carboxylic acids is 1. The van der Waals surface area contributed by atoms with Crippen molar-refractivity contribution in [1.29, 1.82) is 0 Å². The van der Waals surface area contributed by atoms with Crippen molar-refractivity contribution < 1.29 is 4.79 Å². The Hall–Kier alpha value is -2.82. The fraction of sp³-hybridized carbons (Fsp3) is 0.125. The van der Waals surface area contributed by atoms with Gasteiger partial charge < -0.3 is 15.6 Å². The molecular weight excluding hydrogens is 264 g/mol. The minimum absolute atomic E-state index is 0.0456. The first-order valence-electron chi connectivity index (χ1n) is 6.66. The number of fused-ring (bicyclic) bond motifs is 1. The molecule has 0 unspecified atom stereocenters. The standard InChI is InChI=1S/C16H16N4O/c1-20(10-11-3-2-6-18-8-11)16(21)14-9-19-15-5-4-12(17)7-13(14)15/h2-9,19H,10,17H2,1H3. The van der Waals surface area contributed by atoms with Crippen molar-refractivity contribution in [2.75, 3.05) is 12.8 Å². The zero-order valence-corrected chi connectivity index (χ0v) is 11.7. The third-order valence-corrected chi connectivity index (χ3v) is 3.43. The highest BCUT2D eigenvalue weighted by atomic mass is 16.2. The largest absolute Gasteiger partial charge is 0.399 e. The molecule has 0 saturated carbocycles. The van der Waals surface area contributed by atoms with Crippen LogP contribution in [0.2, 0.25) is 0 Å². The van der Waals surface area contributed by atoms with Crippen LogP contribution in [0.15, 0.2) is 48.9 Å². The molecule has 2 heterocycles. The fourth-order valence-corrected chi connectivity index (χ4v) is 2.36. The molecule has 5 heteroatoms. The number of nitrogens with one attached hydrogen (secondary N) is 1. The minimum atomic E-state index is -0.0456. The van der Waals surface area contributed by atoms with Crippen LogP contribution in [-0.2, 0) is 6.54 Å². The van der Waals surface area contributed by atoms with Crippen molar-refractivity contribution in [3.63, 3.8) is 0 Å². The maximum absolute atomic E-state index is 12.6. The van der Waals surface area contributed by atoms with E-state index in [1.807, 2.05) is 30.3 Å². The predicted molar refractivity (Wildman–Crippen MR) is 82.7 cm³/mol. The Kier molecular flexibility index (Phi) is 3.31. The summed E-state index contributed by atoms with van der Waals surface area (Å²) < 4.78 is 0. The van der Waals surface area contributed by atoms with Crippen molar-refractivity contribution in [3.8, 4) is 0 Å². The van der Waals surface area contributed by atoms with E-state index in [1.54, 1.807) is 30.5 Å². The van der Waals surface area contributed by atoms with E-state index in [4.69, 9.17) is 5.73 Å². The van der Waals surface area contributed by atoms with Crippen molar-refractivity contribution in [3.05, 3.63) is 60.0 Å². The molecule has 5 nitrogen and oxygen atoms in total. The lowest BCUT2D eigenvalue weighted by Gasteiger charge is -2.16. The molecule has 0 spiro atoms. The molecule has 0 aliphatic carbocycles. The summed E-state index contributed by atoms with van der Waals surface area (Å²) in [5, 5.41) is 0.845. The van der Waals surface area contributed by atoms with Gasteiger partial charge in [0.25, 0.3) is 5.91 Å². The van der Waals surface area contributed by atoms with Crippen molar-refractivity contribution >= 4 is 22.5 Å². The lowest BCUT2D eigenvalue weighted by atomic mass is 10.1. The fourth-order valence-electron chi connectivity index (χ4n) is 2.36. The maximum atomic E-state index is 12.6. The second-order valence-corrected chi connectivity index (χ2v) is 5.03. The molecule has 3 aromatic rings. The van der Waals surface area contributed by atoms with Gasteiger partial charge in [0.15, 0.2) is 0 Å². The number of nitrogens with zero attached hydrogens (tertiary/aromatic N) is 2. The third-order valence-electron chi connectivity index (χ3n) is 3.43. The lowest BCUT2D eigenvalue weighted by Crippen LogP contribution is -2.26. The topological polar surface area (TPSA) is 75.0 Å². The van der Waals surface area contributed by atoms with Gasteiger partial charge in [0.1, 0.15) is 0 Å². The number of carbonyl (C=O) groups is 1. The lowest BCUT2D eigenvalue weighted by molar-refractivity contribution is 0.0787. The number of hydrogen-bond donors (Lipinski definition) is 2. The van der Waals surface area contributed by atoms with Gasteiger partial charge in [-0.15, -0.1) is 0 Å². The first kappa shape index (κ1) is 13.2. The highest BCUT2D eigenvalue weighted by Crippen LogP contribution is 2.22. The van der Waals surface area contributed by atoms with Gasteiger partial charge in [-0.3, -0.25) is 9.78 Å². The van der Waals surface area contributed by atoms with Crippen LogP contribution in [0.1, 0.15) is 15.9 Å². The first-order chi connectivity index (χ1) is 10.1. The summed E-state index contributed by atoms with van der Waals surface area (Å²) in [6.07, 6.45) is 5.21. The molecule has 0 saturated heterocycles. The number of nitrogen functional groups attached to an aromatic ring is 1. The summed E-state index contributed by atoms with van der Waals surface area (Å²) in [5.41, 5.74) is 8.98. The molecule has 0 bridgehead atoms. The summed E-state index contributed by atoms with van der Waals surface area (Å²) in [6, 6.07) is 9.32. The zero-order chi connectivity index (χ0) is 14.8. The SMILES string of the molecule is CN(Cc1cccnc1)C(=O)c1c[nH]c2ccc(N)cc12. The van der Waals surface area contributed by atoms with Gasteiger partial charge in [-0.2, -0.15) is 0 Å². The van der Waals surface area contributed by atoms with Gasteiger partial charge in [-0.25, -0.2) is 0 Å². The molecule has 0 aliphatic heterocycles. The highest BCUT2D eigenvalue weighted by Gasteiger charge is 2.16. The van der Waals surface area contributed by atoms with Crippen molar-refractivity contribution in [1.82, 2.24) is 14.9 Å². The van der Waals surface area contributed by atoms with Crippen LogP contribution < -0.4 is 5.73 Å². The molecule has 0 radical (unpaired) electrons. The number of aromatic amines is 1. The normalized spacial score (nSPS) is 10.7. The summed E-state index contributed by atoms with van der Waals surface area (Å²) >= 11 is 0. The molecule has 0 aliphatic rings. The van der Waals surface area contributed by atoms with E-state index in [0.717, 1.165) is 16.5 Å². The molecule has 106 valence electrons. The number of H-pyrrole nitrogens is 1. The number of nitrogens with two attached hydrogens (primary N) is 1. The number of amides is 1. The Morgan fingerprint density at radius 1 is 1.38 bits per heavy atom. The molecule has 1 aromatic carbocycles. The Bertz CT molecular complexity index is 779. The molecule has 21 heavy (non-hydrogen) atoms. The average Bonchev–Trinajstić information content (AvgIpc) is 2.90. The molecule has 0 atom stereocenters. The van der Waals surface area contributed by atoms with Crippen LogP contribution in [0, 0.1) is 0 Å². The van der Waals surface area contributed by atoms with Crippen LogP contribution in [0.3, 0.4) is 0 Å². The maximum Gasteiger partial charge on any atom is 0.256 e. The number of pyridine rings is 1. The molecule has 0 fully saturated rings. The quantitative estimate of drug-likeness (QED) is 0.723. The highest BCUT2D eigenvalue weighted by molar-refractivity contribution is 6.07. The van der Waals surface area contributed by atoms with E-state index in [-0.39, 0.29) is 5.91 Å². The van der Waals surface area contributed by atoms with Gasteiger partial charge >= 0.3 is 0 Å². The number of rotatable bonds is 3. The molecule has 1 amide bonds. The van der Waals surface area contributed by atoms with Gasteiger partial charge in [0.05, 0.1) is 5.56 Å². The summed E-state index contributed by atoms with van der Waals surface area (Å²) in [6.45, 7) is 0.516. The molecule has 3 N–H and O–H groups in total. The van der Waals surface area contributed by atoms with Crippen molar-refractivity contribution in [2.45, 2.75) is 6.54 Å². The van der Waals surface area contributed by atoms with Crippen LogP contribution >= 0.6 is 0 Å². The molecule has 2 aromatic heterocycles. The number of anilines is 1. The van der Waals surface area contributed by atoms with Gasteiger partial charge in [-0.05, 0) is 29.8 Å². The number of benzene rings is 1. The van der Waals surface area contributed by atoms with Crippen LogP contribution in [-0.4, -0.2) is 27.8 Å². The Morgan fingerprint density at radius 2 is 2.24 bits per heavy atom. The third kappa shape index (κ3) is 2.58. The average molecular weight is 280 g/mol. The Labute approximate surface area is 122 Å². The molecule has 3 rings (SSSR count).